The van der Waals surface area contributed by atoms with Crippen LogP contribution in [0.1, 0.15) is 52.9 Å². The van der Waals surface area contributed by atoms with Crippen molar-refractivity contribution in [3.05, 3.63) is 0 Å². The Morgan fingerprint density at radius 2 is 1.45 bits per heavy atom. The Hall–Kier alpha value is -1.59. The molecule has 0 saturated carbocycles. The summed E-state index contributed by atoms with van der Waals surface area (Å²) in [7, 11) is 0. The zero-order valence-electron chi connectivity index (χ0n) is 12.6. The van der Waals surface area contributed by atoms with Crippen molar-refractivity contribution in [1.29, 1.82) is 0 Å². The highest BCUT2D eigenvalue weighted by Crippen LogP contribution is 2.25. The molecule has 0 bridgehead atoms. The summed E-state index contributed by atoms with van der Waals surface area (Å²) in [6, 6.07) is 0. The Bertz CT molecular complexity index is 338. The van der Waals surface area contributed by atoms with Crippen molar-refractivity contribution in [1.82, 2.24) is 10.6 Å². The number of carbonyl (C=O) groups excluding carboxylic acids is 2. The van der Waals surface area contributed by atoms with Gasteiger partial charge in [0.15, 0.2) is 0 Å². The van der Waals surface area contributed by atoms with E-state index in [9.17, 15) is 19.5 Å². The molecule has 0 heterocycles. The van der Waals surface area contributed by atoms with Crippen molar-refractivity contribution < 1.29 is 19.5 Å². The average molecular weight is 286 g/mol. The molecule has 0 rings (SSSR count). The van der Waals surface area contributed by atoms with Crippen LogP contribution < -0.4 is 10.6 Å². The number of hydrogen-bond acceptors (Lipinski definition) is 3. The fourth-order valence-electron chi connectivity index (χ4n) is 1.81. The SMILES string of the molecule is CCCNC(=O)CCC(=O)NCC(CC)(CC)C(=O)O. The van der Waals surface area contributed by atoms with Gasteiger partial charge in [0.2, 0.25) is 11.8 Å². The summed E-state index contributed by atoms with van der Waals surface area (Å²) in [5.74, 6) is -1.34. The van der Waals surface area contributed by atoms with Crippen LogP contribution in [0.2, 0.25) is 0 Å². The minimum absolute atomic E-state index is 0.0820. The van der Waals surface area contributed by atoms with Crippen LogP contribution in [-0.4, -0.2) is 36.0 Å². The van der Waals surface area contributed by atoms with Crippen LogP contribution in [0.3, 0.4) is 0 Å². The normalized spacial score (nSPS) is 10.9. The molecule has 0 spiro atoms. The molecule has 6 heteroatoms. The predicted octanol–water partition coefficient (Wildman–Crippen LogP) is 1.30. The van der Waals surface area contributed by atoms with Crippen LogP contribution >= 0.6 is 0 Å². The van der Waals surface area contributed by atoms with E-state index in [1.54, 1.807) is 13.8 Å². The molecule has 0 aliphatic heterocycles. The molecule has 3 N–H and O–H groups in total. The smallest absolute Gasteiger partial charge is 0.311 e. The van der Waals surface area contributed by atoms with Crippen molar-refractivity contribution in [2.45, 2.75) is 52.9 Å². The maximum atomic E-state index is 11.6. The second kappa shape index (κ2) is 9.34. The lowest BCUT2D eigenvalue weighted by molar-refractivity contribution is -0.149. The standard InChI is InChI=1S/C14H26N2O4/c1-4-9-15-11(17)7-8-12(18)16-10-14(5-2,6-3)13(19)20/h4-10H2,1-3H3,(H,15,17)(H,16,18)(H,19,20). The minimum Gasteiger partial charge on any atom is -0.481 e. The first kappa shape index (κ1) is 18.4. The Morgan fingerprint density at radius 1 is 0.950 bits per heavy atom. The Kier molecular flexibility index (Phi) is 8.59. The fraction of sp³-hybridized carbons (Fsp3) is 0.786. The van der Waals surface area contributed by atoms with E-state index in [0.29, 0.717) is 19.4 Å². The molecular weight excluding hydrogens is 260 g/mol. The summed E-state index contributed by atoms with van der Waals surface area (Å²) in [6.07, 6.45) is 1.97. The highest BCUT2D eigenvalue weighted by molar-refractivity contribution is 5.84. The molecule has 0 unspecified atom stereocenters. The van der Waals surface area contributed by atoms with E-state index in [2.05, 4.69) is 10.6 Å². The van der Waals surface area contributed by atoms with Crippen molar-refractivity contribution in [3.63, 3.8) is 0 Å². The molecule has 6 nitrogen and oxygen atoms in total. The number of carbonyl (C=O) groups is 3. The average Bonchev–Trinajstić information content (AvgIpc) is 2.44. The highest BCUT2D eigenvalue weighted by Gasteiger charge is 2.35. The Labute approximate surface area is 120 Å². The van der Waals surface area contributed by atoms with E-state index in [1.807, 2.05) is 6.92 Å². The van der Waals surface area contributed by atoms with Gasteiger partial charge in [-0.3, -0.25) is 14.4 Å². The Morgan fingerprint density at radius 3 is 1.85 bits per heavy atom. The lowest BCUT2D eigenvalue weighted by Crippen LogP contribution is -2.42. The van der Waals surface area contributed by atoms with Gasteiger partial charge in [-0.25, -0.2) is 0 Å². The molecule has 0 saturated heterocycles. The van der Waals surface area contributed by atoms with Gasteiger partial charge in [0.25, 0.3) is 0 Å². The minimum atomic E-state index is -0.917. The van der Waals surface area contributed by atoms with Crippen molar-refractivity contribution >= 4 is 17.8 Å². The maximum absolute atomic E-state index is 11.6. The van der Waals surface area contributed by atoms with E-state index in [1.165, 1.54) is 0 Å². The van der Waals surface area contributed by atoms with Crippen LogP contribution in [-0.2, 0) is 14.4 Å². The third kappa shape index (κ3) is 6.04. The predicted molar refractivity (Wildman–Crippen MR) is 76.2 cm³/mol. The van der Waals surface area contributed by atoms with Gasteiger partial charge in [-0.15, -0.1) is 0 Å². The molecule has 0 radical (unpaired) electrons. The van der Waals surface area contributed by atoms with Gasteiger partial charge in [0.1, 0.15) is 0 Å². The van der Waals surface area contributed by atoms with Crippen molar-refractivity contribution in [2.75, 3.05) is 13.1 Å². The van der Waals surface area contributed by atoms with Crippen LogP contribution in [0.4, 0.5) is 0 Å². The first-order valence-electron chi connectivity index (χ1n) is 7.18. The number of nitrogens with one attached hydrogen (secondary N) is 2. The van der Waals surface area contributed by atoms with Crippen molar-refractivity contribution in [3.8, 4) is 0 Å². The van der Waals surface area contributed by atoms with Gasteiger partial charge < -0.3 is 15.7 Å². The summed E-state index contributed by atoms with van der Waals surface area (Å²) in [6.45, 7) is 6.25. The number of amides is 2. The lowest BCUT2D eigenvalue weighted by Gasteiger charge is -2.26. The molecule has 2 amide bonds. The van der Waals surface area contributed by atoms with Gasteiger partial charge in [-0.05, 0) is 19.3 Å². The number of aliphatic carboxylic acids is 1. The molecule has 0 aliphatic rings. The third-order valence-electron chi connectivity index (χ3n) is 3.58. The summed E-state index contributed by atoms with van der Waals surface area (Å²) in [5, 5.41) is 14.5. The van der Waals surface area contributed by atoms with Crippen LogP contribution in [0.15, 0.2) is 0 Å². The van der Waals surface area contributed by atoms with E-state index < -0.39 is 11.4 Å². The molecule has 0 fully saturated rings. The van der Waals surface area contributed by atoms with E-state index >= 15 is 0 Å². The monoisotopic (exact) mass is 286 g/mol. The summed E-state index contributed by atoms with van der Waals surface area (Å²) < 4.78 is 0. The van der Waals surface area contributed by atoms with Gasteiger partial charge in [0.05, 0.1) is 5.41 Å². The number of carboxylic acid groups (broad SMARTS) is 1. The van der Waals surface area contributed by atoms with Crippen molar-refractivity contribution in [2.24, 2.45) is 5.41 Å². The topological polar surface area (TPSA) is 95.5 Å². The van der Waals surface area contributed by atoms with Gasteiger partial charge in [0, 0.05) is 25.9 Å². The molecule has 20 heavy (non-hydrogen) atoms. The number of rotatable bonds is 10. The zero-order valence-corrected chi connectivity index (χ0v) is 12.6. The van der Waals surface area contributed by atoms with E-state index in [0.717, 1.165) is 6.42 Å². The first-order chi connectivity index (χ1) is 9.41. The molecule has 0 aromatic rings. The molecule has 0 aliphatic carbocycles. The Balaban J connectivity index is 4.15. The summed E-state index contributed by atoms with van der Waals surface area (Å²) in [5.41, 5.74) is -0.917. The molecular formula is C14H26N2O4. The summed E-state index contributed by atoms with van der Waals surface area (Å²) in [4.78, 5) is 34.2. The lowest BCUT2D eigenvalue weighted by atomic mass is 9.82. The summed E-state index contributed by atoms with van der Waals surface area (Å²) >= 11 is 0. The zero-order chi connectivity index (χ0) is 15.6. The molecule has 0 atom stereocenters. The second-order valence-corrected chi connectivity index (χ2v) is 4.92. The first-order valence-corrected chi connectivity index (χ1v) is 7.18. The maximum Gasteiger partial charge on any atom is 0.311 e. The van der Waals surface area contributed by atoms with Crippen LogP contribution in [0.5, 0.6) is 0 Å². The second-order valence-electron chi connectivity index (χ2n) is 4.92. The molecule has 116 valence electrons. The number of hydrogen-bond donors (Lipinski definition) is 3. The largest absolute Gasteiger partial charge is 0.481 e. The van der Waals surface area contributed by atoms with Gasteiger partial charge >= 0.3 is 5.97 Å². The quantitative estimate of drug-likeness (QED) is 0.564. The molecule has 0 aromatic heterocycles. The fourth-order valence-corrected chi connectivity index (χ4v) is 1.81. The number of carboxylic acids is 1. The van der Waals surface area contributed by atoms with Crippen LogP contribution in [0, 0.1) is 5.41 Å². The third-order valence-corrected chi connectivity index (χ3v) is 3.58. The van der Waals surface area contributed by atoms with Crippen LogP contribution in [0.25, 0.3) is 0 Å². The van der Waals surface area contributed by atoms with E-state index in [-0.39, 0.29) is 31.2 Å². The molecule has 0 aromatic carbocycles. The van der Waals surface area contributed by atoms with Gasteiger partial charge in [-0.2, -0.15) is 0 Å². The van der Waals surface area contributed by atoms with Gasteiger partial charge in [-0.1, -0.05) is 20.8 Å². The highest BCUT2D eigenvalue weighted by atomic mass is 16.4. The van der Waals surface area contributed by atoms with E-state index in [4.69, 9.17) is 0 Å².